The minimum atomic E-state index is 0.0256. The van der Waals surface area contributed by atoms with Gasteiger partial charge in [-0.15, -0.1) is 0 Å². The summed E-state index contributed by atoms with van der Waals surface area (Å²) in [6.45, 7) is 0.872. The van der Waals surface area contributed by atoms with Gasteiger partial charge in [0.1, 0.15) is 5.82 Å². The quantitative estimate of drug-likeness (QED) is 0.891. The van der Waals surface area contributed by atoms with E-state index in [1.807, 2.05) is 22.7 Å². The normalized spacial score (nSPS) is 14.2. The summed E-state index contributed by atoms with van der Waals surface area (Å²) in [5.41, 5.74) is 6.97. The second kappa shape index (κ2) is 5.65. The number of nitrogens with zero attached hydrogens (tertiary/aromatic N) is 4. The van der Waals surface area contributed by atoms with E-state index in [0.29, 0.717) is 24.7 Å². The molecule has 1 aliphatic rings. The number of carbonyl (C=O) groups is 1. The van der Waals surface area contributed by atoms with Crippen molar-refractivity contribution in [2.75, 3.05) is 0 Å². The molecule has 0 bridgehead atoms. The molecule has 2 aromatic rings. The van der Waals surface area contributed by atoms with Crippen molar-refractivity contribution >= 4 is 5.91 Å². The van der Waals surface area contributed by atoms with Crippen LogP contribution in [-0.4, -0.2) is 31.4 Å². The fourth-order valence-electron chi connectivity index (χ4n) is 2.34. The minimum Gasteiger partial charge on any atom is -0.337 e. The molecule has 3 rings (SSSR count). The lowest BCUT2D eigenvalue weighted by Gasteiger charge is -2.22. The van der Waals surface area contributed by atoms with Crippen LogP contribution in [0.2, 0.25) is 0 Å². The Morgan fingerprint density at radius 1 is 1.43 bits per heavy atom. The van der Waals surface area contributed by atoms with Gasteiger partial charge < -0.3 is 15.2 Å². The second-order valence-electron chi connectivity index (χ2n) is 5.36. The number of nitrogens with two attached hydrogens (primary N) is 1. The first kappa shape index (κ1) is 13.8. The van der Waals surface area contributed by atoms with Crippen molar-refractivity contribution in [1.82, 2.24) is 19.4 Å². The predicted octanol–water partition coefficient (Wildman–Crippen LogP) is 1.08. The van der Waals surface area contributed by atoms with Crippen molar-refractivity contribution in [1.29, 1.82) is 0 Å². The van der Waals surface area contributed by atoms with Crippen molar-refractivity contribution < 1.29 is 4.79 Å². The Bertz CT molecular complexity index is 647. The highest BCUT2D eigenvalue weighted by Gasteiger charge is 2.33. The van der Waals surface area contributed by atoms with E-state index in [9.17, 15) is 4.79 Å². The number of imidazole rings is 1. The van der Waals surface area contributed by atoms with Crippen molar-refractivity contribution in [2.24, 2.45) is 12.8 Å². The molecule has 2 aromatic heterocycles. The molecule has 1 aliphatic carbocycles. The Kier molecular flexibility index (Phi) is 3.70. The van der Waals surface area contributed by atoms with E-state index in [1.165, 1.54) is 0 Å². The molecule has 2 heterocycles. The molecule has 0 unspecified atom stereocenters. The molecule has 110 valence electrons. The van der Waals surface area contributed by atoms with Gasteiger partial charge in [-0.05, 0) is 25.0 Å². The molecule has 1 amide bonds. The Morgan fingerprint density at radius 2 is 2.24 bits per heavy atom. The molecule has 1 fully saturated rings. The molecular formula is C15H19N5O. The van der Waals surface area contributed by atoms with Gasteiger partial charge in [-0.3, -0.25) is 9.78 Å². The van der Waals surface area contributed by atoms with Gasteiger partial charge in [-0.1, -0.05) is 0 Å². The predicted molar refractivity (Wildman–Crippen MR) is 78.2 cm³/mol. The Hall–Kier alpha value is -2.21. The maximum atomic E-state index is 12.8. The Balaban J connectivity index is 1.83. The lowest BCUT2D eigenvalue weighted by Crippen LogP contribution is -2.33. The summed E-state index contributed by atoms with van der Waals surface area (Å²) in [4.78, 5) is 23.1. The number of pyridine rings is 1. The zero-order valence-electron chi connectivity index (χ0n) is 12.1. The van der Waals surface area contributed by atoms with Crippen LogP contribution in [0.15, 0.2) is 30.7 Å². The third-order valence-electron chi connectivity index (χ3n) is 3.75. The van der Waals surface area contributed by atoms with Crippen LogP contribution in [0.3, 0.4) is 0 Å². The molecule has 0 saturated heterocycles. The number of aromatic nitrogens is 3. The summed E-state index contributed by atoms with van der Waals surface area (Å²) in [6, 6.07) is 3.84. The molecule has 2 N–H and O–H groups in total. The SMILES string of the molecule is Cn1ccnc1CN(C(=O)c1ccnc(CN)c1)C1CC1. The third kappa shape index (κ3) is 2.95. The number of hydrogen-bond acceptors (Lipinski definition) is 4. The summed E-state index contributed by atoms with van der Waals surface area (Å²) in [7, 11) is 1.94. The fraction of sp³-hybridized carbons (Fsp3) is 0.400. The second-order valence-corrected chi connectivity index (χ2v) is 5.36. The van der Waals surface area contributed by atoms with Crippen LogP contribution in [0, 0.1) is 0 Å². The number of amides is 1. The standard InChI is InChI=1S/C15H19N5O/c1-19-7-6-18-14(19)10-20(13-2-3-13)15(21)11-4-5-17-12(8-11)9-16/h4-8,13H,2-3,9-10,16H2,1H3. The van der Waals surface area contributed by atoms with E-state index >= 15 is 0 Å². The van der Waals surface area contributed by atoms with Gasteiger partial charge in [0.15, 0.2) is 0 Å². The van der Waals surface area contributed by atoms with Crippen LogP contribution in [0.1, 0.15) is 34.7 Å². The number of carbonyl (C=O) groups excluding carboxylic acids is 1. The average molecular weight is 285 g/mol. The third-order valence-corrected chi connectivity index (χ3v) is 3.75. The van der Waals surface area contributed by atoms with Crippen molar-refractivity contribution in [3.05, 3.63) is 47.8 Å². The smallest absolute Gasteiger partial charge is 0.254 e. The largest absolute Gasteiger partial charge is 0.337 e. The van der Waals surface area contributed by atoms with Crippen LogP contribution < -0.4 is 5.73 Å². The van der Waals surface area contributed by atoms with E-state index in [2.05, 4.69) is 9.97 Å². The van der Waals surface area contributed by atoms with E-state index in [-0.39, 0.29) is 5.91 Å². The summed E-state index contributed by atoms with van der Waals surface area (Å²) < 4.78 is 1.94. The molecule has 1 saturated carbocycles. The van der Waals surface area contributed by atoms with Gasteiger partial charge in [0.25, 0.3) is 5.91 Å². The van der Waals surface area contributed by atoms with E-state index in [4.69, 9.17) is 5.73 Å². The number of rotatable bonds is 5. The van der Waals surface area contributed by atoms with Gasteiger partial charge in [0.2, 0.25) is 0 Å². The molecule has 0 aliphatic heterocycles. The maximum absolute atomic E-state index is 12.8. The molecule has 21 heavy (non-hydrogen) atoms. The molecule has 0 spiro atoms. The van der Waals surface area contributed by atoms with E-state index in [1.54, 1.807) is 24.5 Å². The van der Waals surface area contributed by atoms with Gasteiger partial charge >= 0.3 is 0 Å². The summed E-state index contributed by atoms with van der Waals surface area (Å²) in [5.74, 6) is 0.918. The fourth-order valence-corrected chi connectivity index (χ4v) is 2.34. The van der Waals surface area contributed by atoms with Crippen molar-refractivity contribution in [3.63, 3.8) is 0 Å². The first-order valence-electron chi connectivity index (χ1n) is 7.11. The van der Waals surface area contributed by atoms with Gasteiger partial charge in [0.05, 0.1) is 12.2 Å². The summed E-state index contributed by atoms with van der Waals surface area (Å²) in [6.07, 6.45) is 7.41. The van der Waals surface area contributed by atoms with Crippen molar-refractivity contribution in [3.8, 4) is 0 Å². The van der Waals surface area contributed by atoms with Crippen LogP contribution in [0.25, 0.3) is 0 Å². The van der Waals surface area contributed by atoms with Gasteiger partial charge in [-0.25, -0.2) is 4.98 Å². The maximum Gasteiger partial charge on any atom is 0.254 e. The average Bonchev–Trinajstić information content (AvgIpc) is 3.27. The monoisotopic (exact) mass is 285 g/mol. The molecule has 0 atom stereocenters. The molecule has 0 aromatic carbocycles. The molecular weight excluding hydrogens is 266 g/mol. The first-order valence-corrected chi connectivity index (χ1v) is 7.11. The van der Waals surface area contributed by atoms with Gasteiger partial charge in [-0.2, -0.15) is 0 Å². The number of hydrogen-bond donors (Lipinski definition) is 1. The zero-order valence-corrected chi connectivity index (χ0v) is 12.1. The van der Waals surface area contributed by atoms with Crippen molar-refractivity contribution in [2.45, 2.75) is 32.0 Å². The summed E-state index contributed by atoms with van der Waals surface area (Å²) >= 11 is 0. The first-order chi connectivity index (χ1) is 10.2. The van der Waals surface area contributed by atoms with E-state index < -0.39 is 0 Å². The number of aryl methyl sites for hydroxylation is 1. The Labute approximate surface area is 123 Å². The molecule has 6 heteroatoms. The summed E-state index contributed by atoms with van der Waals surface area (Å²) in [5, 5.41) is 0. The highest BCUT2D eigenvalue weighted by Crippen LogP contribution is 2.29. The lowest BCUT2D eigenvalue weighted by molar-refractivity contribution is 0.0723. The Morgan fingerprint density at radius 3 is 2.86 bits per heavy atom. The van der Waals surface area contributed by atoms with Gasteiger partial charge in [0, 0.05) is 43.8 Å². The zero-order chi connectivity index (χ0) is 14.8. The highest BCUT2D eigenvalue weighted by molar-refractivity contribution is 5.94. The van der Waals surface area contributed by atoms with Crippen LogP contribution in [0.4, 0.5) is 0 Å². The topological polar surface area (TPSA) is 77.0 Å². The lowest BCUT2D eigenvalue weighted by atomic mass is 10.2. The van der Waals surface area contributed by atoms with Crippen LogP contribution >= 0.6 is 0 Å². The molecule has 0 radical (unpaired) electrons. The molecule has 6 nitrogen and oxygen atoms in total. The van der Waals surface area contributed by atoms with Crippen LogP contribution in [-0.2, 0) is 20.1 Å². The van der Waals surface area contributed by atoms with E-state index in [0.717, 1.165) is 24.4 Å². The minimum absolute atomic E-state index is 0.0256. The van der Waals surface area contributed by atoms with Crippen LogP contribution in [0.5, 0.6) is 0 Å². The highest BCUT2D eigenvalue weighted by atomic mass is 16.2.